The zero-order valence-corrected chi connectivity index (χ0v) is 13.0. The predicted molar refractivity (Wildman–Crippen MR) is 75.1 cm³/mol. The van der Waals surface area contributed by atoms with Crippen LogP contribution >= 0.6 is 27.3 Å². The van der Waals surface area contributed by atoms with E-state index < -0.39 is 10.0 Å². The Hall–Kier alpha value is 0.0500. The monoisotopic (exact) mass is 353 g/mol. The first-order valence-electron chi connectivity index (χ1n) is 5.89. The first-order chi connectivity index (χ1) is 8.53. The molecule has 1 fully saturated rings. The molecule has 0 radical (unpaired) electrons. The van der Waals surface area contributed by atoms with Gasteiger partial charge in [-0.3, -0.25) is 0 Å². The highest BCUT2D eigenvalue weighted by atomic mass is 79.9. The zero-order valence-electron chi connectivity index (χ0n) is 9.80. The Morgan fingerprint density at radius 3 is 2.72 bits per heavy atom. The van der Waals surface area contributed by atoms with Gasteiger partial charge in [0.2, 0.25) is 10.0 Å². The van der Waals surface area contributed by atoms with Crippen LogP contribution in [0.25, 0.3) is 0 Å². The van der Waals surface area contributed by atoms with Crippen LogP contribution in [0.15, 0.2) is 20.1 Å². The first-order valence-corrected chi connectivity index (χ1v) is 8.98. The number of nitrogens with one attached hydrogen (secondary N) is 1. The van der Waals surface area contributed by atoms with Crippen molar-refractivity contribution in [1.29, 1.82) is 0 Å². The Bertz CT molecular complexity index is 500. The number of halogens is 1. The molecule has 0 amide bonds. The minimum atomic E-state index is -3.40. The predicted octanol–water partition coefficient (Wildman–Crippen LogP) is 2.20. The fourth-order valence-electron chi connectivity index (χ4n) is 2.35. The summed E-state index contributed by atoms with van der Waals surface area (Å²) in [6.45, 7) is 0.569. The standard InChI is InChI=1S/C11H16BrNO3S2/c12-10-4-5-11(17-10)18(15,16)13-6-8-2-1-3-9(8)7-14/h4-5,8-9,13-14H,1-3,6-7H2. The Balaban J connectivity index is 1.97. The second kappa shape index (κ2) is 6.00. The summed E-state index contributed by atoms with van der Waals surface area (Å²) in [7, 11) is -3.40. The second-order valence-corrected chi connectivity index (χ2v) is 9.00. The second-order valence-electron chi connectivity index (χ2n) is 4.54. The molecule has 1 aliphatic carbocycles. The number of aliphatic hydroxyl groups is 1. The minimum Gasteiger partial charge on any atom is -0.396 e. The van der Waals surface area contributed by atoms with E-state index in [0.717, 1.165) is 23.0 Å². The van der Waals surface area contributed by atoms with Gasteiger partial charge in [0.15, 0.2) is 0 Å². The molecule has 1 heterocycles. The number of sulfonamides is 1. The molecule has 2 N–H and O–H groups in total. The maximum absolute atomic E-state index is 12.0. The Kier molecular flexibility index (Phi) is 4.82. The summed E-state index contributed by atoms with van der Waals surface area (Å²) in [5.41, 5.74) is 0. The van der Waals surface area contributed by atoms with E-state index in [-0.39, 0.29) is 18.4 Å². The molecule has 0 bridgehead atoms. The molecule has 1 aromatic heterocycles. The van der Waals surface area contributed by atoms with Crippen molar-refractivity contribution in [3.8, 4) is 0 Å². The topological polar surface area (TPSA) is 66.4 Å². The van der Waals surface area contributed by atoms with Crippen LogP contribution in [0.3, 0.4) is 0 Å². The molecule has 2 rings (SSSR count). The summed E-state index contributed by atoms with van der Waals surface area (Å²) in [5, 5.41) is 9.20. The smallest absolute Gasteiger partial charge is 0.250 e. The third-order valence-corrected chi connectivity index (χ3v) is 6.94. The molecular formula is C11H16BrNO3S2. The first kappa shape index (κ1) is 14.5. The van der Waals surface area contributed by atoms with Gasteiger partial charge < -0.3 is 5.11 Å². The molecule has 0 aromatic carbocycles. The summed E-state index contributed by atoms with van der Waals surface area (Å²) in [6, 6.07) is 3.32. The summed E-state index contributed by atoms with van der Waals surface area (Å²) in [4.78, 5) is 0. The van der Waals surface area contributed by atoms with Crippen LogP contribution in [0.5, 0.6) is 0 Å². The van der Waals surface area contributed by atoms with Gasteiger partial charge in [-0.2, -0.15) is 0 Å². The lowest BCUT2D eigenvalue weighted by Gasteiger charge is -2.17. The van der Waals surface area contributed by atoms with E-state index in [1.165, 1.54) is 11.3 Å². The highest BCUT2D eigenvalue weighted by molar-refractivity contribution is 9.11. The molecule has 7 heteroatoms. The lowest BCUT2D eigenvalue weighted by atomic mass is 9.97. The summed E-state index contributed by atoms with van der Waals surface area (Å²) >= 11 is 4.46. The van der Waals surface area contributed by atoms with E-state index in [9.17, 15) is 13.5 Å². The average molecular weight is 354 g/mol. The maximum Gasteiger partial charge on any atom is 0.250 e. The van der Waals surface area contributed by atoms with Crippen molar-refractivity contribution in [3.63, 3.8) is 0 Å². The Morgan fingerprint density at radius 1 is 1.39 bits per heavy atom. The van der Waals surface area contributed by atoms with Gasteiger partial charge >= 0.3 is 0 Å². The van der Waals surface area contributed by atoms with Crippen molar-refractivity contribution in [2.75, 3.05) is 13.2 Å². The van der Waals surface area contributed by atoms with Gasteiger partial charge in [0.05, 0.1) is 3.79 Å². The van der Waals surface area contributed by atoms with Gasteiger partial charge in [-0.05, 0) is 52.7 Å². The van der Waals surface area contributed by atoms with E-state index >= 15 is 0 Å². The average Bonchev–Trinajstić information content (AvgIpc) is 2.94. The summed E-state index contributed by atoms with van der Waals surface area (Å²) < 4.78 is 27.8. The number of thiophene rings is 1. The maximum atomic E-state index is 12.0. The summed E-state index contributed by atoms with van der Waals surface area (Å²) in [5.74, 6) is 0.496. The molecule has 2 unspecified atom stereocenters. The molecule has 18 heavy (non-hydrogen) atoms. The fourth-order valence-corrected chi connectivity index (χ4v) is 5.50. The minimum absolute atomic E-state index is 0.150. The third kappa shape index (κ3) is 3.33. The van der Waals surface area contributed by atoms with Gasteiger partial charge in [-0.15, -0.1) is 11.3 Å². The quantitative estimate of drug-likeness (QED) is 0.852. The number of rotatable bonds is 5. The van der Waals surface area contributed by atoms with Crippen LogP contribution in [0.2, 0.25) is 0 Å². The van der Waals surface area contributed by atoms with Crippen LogP contribution in [0.4, 0.5) is 0 Å². The van der Waals surface area contributed by atoms with Gasteiger partial charge in [-0.25, -0.2) is 13.1 Å². The lowest BCUT2D eigenvalue weighted by molar-refractivity contribution is 0.195. The normalized spacial score (nSPS) is 24.6. The molecular weight excluding hydrogens is 338 g/mol. The van der Waals surface area contributed by atoms with Crippen molar-refractivity contribution in [1.82, 2.24) is 4.72 Å². The number of aliphatic hydroxyl groups excluding tert-OH is 1. The Labute approximate surface area is 120 Å². The van der Waals surface area contributed by atoms with Crippen LogP contribution in [-0.2, 0) is 10.0 Å². The molecule has 1 aromatic rings. The molecule has 0 saturated heterocycles. The van der Waals surface area contributed by atoms with Crippen molar-refractivity contribution in [2.45, 2.75) is 23.5 Å². The highest BCUT2D eigenvalue weighted by Gasteiger charge is 2.28. The van der Waals surface area contributed by atoms with Crippen LogP contribution in [0, 0.1) is 11.8 Å². The van der Waals surface area contributed by atoms with E-state index in [0.29, 0.717) is 10.8 Å². The number of hydrogen-bond donors (Lipinski definition) is 2. The van der Waals surface area contributed by atoms with Gasteiger partial charge in [0, 0.05) is 13.2 Å². The molecule has 1 saturated carbocycles. The van der Waals surface area contributed by atoms with Crippen molar-refractivity contribution >= 4 is 37.3 Å². The largest absolute Gasteiger partial charge is 0.396 e. The van der Waals surface area contributed by atoms with Crippen LogP contribution < -0.4 is 4.72 Å². The molecule has 2 atom stereocenters. The lowest BCUT2D eigenvalue weighted by Crippen LogP contribution is -2.31. The van der Waals surface area contributed by atoms with E-state index in [2.05, 4.69) is 20.7 Å². The SMILES string of the molecule is O=S(=O)(NCC1CCCC1CO)c1ccc(Br)s1. The molecule has 0 aliphatic heterocycles. The van der Waals surface area contributed by atoms with Crippen molar-refractivity contribution < 1.29 is 13.5 Å². The van der Waals surface area contributed by atoms with E-state index in [1.807, 2.05) is 0 Å². The molecule has 102 valence electrons. The van der Waals surface area contributed by atoms with Gasteiger partial charge in [0.1, 0.15) is 4.21 Å². The zero-order chi connectivity index (χ0) is 13.2. The highest BCUT2D eigenvalue weighted by Crippen LogP contribution is 2.31. The Morgan fingerprint density at radius 2 is 2.11 bits per heavy atom. The van der Waals surface area contributed by atoms with Crippen molar-refractivity contribution in [2.24, 2.45) is 11.8 Å². The third-order valence-electron chi connectivity index (χ3n) is 3.40. The van der Waals surface area contributed by atoms with E-state index in [1.54, 1.807) is 12.1 Å². The van der Waals surface area contributed by atoms with Crippen LogP contribution in [-0.4, -0.2) is 26.7 Å². The fraction of sp³-hybridized carbons (Fsp3) is 0.636. The van der Waals surface area contributed by atoms with Crippen molar-refractivity contribution in [3.05, 3.63) is 15.9 Å². The molecule has 0 spiro atoms. The van der Waals surface area contributed by atoms with E-state index in [4.69, 9.17) is 0 Å². The van der Waals surface area contributed by atoms with Gasteiger partial charge in [0.25, 0.3) is 0 Å². The number of hydrogen-bond acceptors (Lipinski definition) is 4. The molecule has 4 nitrogen and oxygen atoms in total. The van der Waals surface area contributed by atoms with Gasteiger partial charge in [-0.1, -0.05) is 6.42 Å². The summed E-state index contributed by atoms with van der Waals surface area (Å²) in [6.07, 6.45) is 3.05. The van der Waals surface area contributed by atoms with Crippen LogP contribution in [0.1, 0.15) is 19.3 Å². The molecule has 1 aliphatic rings.